The van der Waals surface area contributed by atoms with Crippen molar-refractivity contribution in [2.75, 3.05) is 25.0 Å². The minimum Gasteiger partial charge on any atom is -0.481 e. The standard InChI is InChI=1S/C14H22N4O3/c1-9-13(10(2)17(3)16-9)15-12(19)8-18-6-4-5-11(7-18)14(20)21/h11H,4-8H2,1-3H3,(H,15,19)(H,20,21). The Morgan fingerprint density at radius 1 is 1.43 bits per heavy atom. The molecule has 1 aromatic heterocycles. The van der Waals surface area contributed by atoms with E-state index in [1.807, 2.05) is 25.8 Å². The highest BCUT2D eigenvalue weighted by Gasteiger charge is 2.26. The summed E-state index contributed by atoms with van der Waals surface area (Å²) < 4.78 is 1.73. The third-order valence-electron chi connectivity index (χ3n) is 4.00. The van der Waals surface area contributed by atoms with Gasteiger partial charge >= 0.3 is 5.97 Å². The van der Waals surface area contributed by atoms with Crippen LogP contribution in [0.5, 0.6) is 0 Å². The molecule has 0 aliphatic carbocycles. The highest BCUT2D eigenvalue weighted by molar-refractivity contribution is 5.93. The molecule has 1 saturated heterocycles. The van der Waals surface area contributed by atoms with Crippen molar-refractivity contribution in [3.63, 3.8) is 0 Å². The van der Waals surface area contributed by atoms with Gasteiger partial charge in [-0.25, -0.2) is 0 Å². The number of carbonyl (C=O) groups is 2. The Labute approximate surface area is 123 Å². The van der Waals surface area contributed by atoms with E-state index in [-0.39, 0.29) is 18.4 Å². The molecule has 0 aromatic carbocycles. The Morgan fingerprint density at radius 2 is 2.14 bits per heavy atom. The van der Waals surface area contributed by atoms with Crippen molar-refractivity contribution in [1.29, 1.82) is 0 Å². The minimum atomic E-state index is -0.779. The number of nitrogens with one attached hydrogen (secondary N) is 1. The van der Waals surface area contributed by atoms with Crippen molar-refractivity contribution in [3.8, 4) is 0 Å². The van der Waals surface area contributed by atoms with Crippen LogP contribution in [0.1, 0.15) is 24.2 Å². The second kappa shape index (κ2) is 6.26. The molecule has 2 heterocycles. The highest BCUT2D eigenvalue weighted by Crippen LogP contribution is 2.19. The lowest BCUT2D eigenvalue weighted by Crippen LogP contribution is -2.42. The molecule has 1 aliphatic rings. The van der Waals surface area contributed by atoms with Gasteiger partial charge in [-0.15, -0.1) is 0 Å². The van der Waals surface area contributed by atoms with Crippen molar-refractivity contribution in [3.05, 3.63) is 11.4 Å². The zero-order valence-corrected chi connectivity index (χ0v) is 12.7. The van der Waals surface area contributed by atoms with Crippen molar-refractivity contribution >= 4 is 17.6 Å². The molecule has 1 amide bonds. The number of likely N-dealkylation sites (tertiary alicyclic amines) is 1. The van der Waals surface area contributed by atoms with Gasteiger partial charge in [-0.3, -0.25) is 19.2 Å². The normalized spacial score (nSPS) is 19.5. The zero-order chi connectivity index (χ0) is 15.6. The predicted octanol–water partition coefficient (Wildman–Crippen LogP) is 0.772. The van der Waals surface area contributed by atoms with Crippen molar-refractivity contribution in [1.82, 2.24) is 14.7 Å². The van der Waals surface area contributed by atoms with Gasteiger partial charge in [0.1, 0.15) is 0 Å². The molecule has 0 saturated carbocycles. The van der Waals surface area contributed by atoms with Crippen LogP contribution in [0.3, 0.4) is 0 Å². The van der Waals surface area contributed by atoms with Crippen molar-refractivity contribution < 1.29 is 14.7 Å². The maximum absolute atomic E-state index is 12.1. The summed E-state index contributed by atoms with van der Waals surface area (Å²) in [6, 6.07) is 0. The van der Waals surface area contributed by atoms with E-state index in [0.29, 0.717) is 13.0 Å². The summed E-state index contributed by atoms with van der Waals surface area (Å²) in [6.07, 6.45) is 1.50. The van der Waals surface area contributed by atoms with Gasteiger partial charge in [0.15, 0.2) is 0 Å². The fourth-order valence-corrected chi connectivity index (χ4v) is 2.74. The average Bonchev–Trinajstić information content (AvgIpc) is 2.65. The molecule has 1 fully saturated rings. The van der Waals surface area contributed by atoms with Gasteiger partial charge in [-0.2, -0.15) is 5.10 Å². The van der Waals surface area contributed by atoms with E-state index in [9.17, 15) is 9.59 Å². The van der Waals surface area contributed by atoms with Crippen LogP contribution < -0.4 is 5.32 Å². The molecule has 1 unspecified atom stereocenters. The molecule has 116 valence electrons. The minimum absolute atomic E-state index is 0.125. The van der Waals surface area contributed by atoms with Crippen LogP contribution in [0.25, 0.3) is 0 Å². The van der Waals surface area contributed by atoms with Crippen molar-refractivity contribution in [2.24, 2.45) is 13.0 Å². The maximum atomic E-state index is 12.1. The number of aryl methyl sites for hydroxylation is 2. The topological polar surface area (TPSA) is 87.5 Å². The van der Waals surface area contributed by atoms with Gasteiger partial charge in [0.25, 0.3) is 0 Å². The maximum Gasteiger partial charge on any atom is 0.307 e. The number of hydrogen-bond donors (Lipinski definition) is 2. The summed E-state index contributed by atoms with van der Waals surface area (Å²) in [6.45, 7) is 5.18. The first kappa shape index (κ1) is 15.5. The molecule has 2 rings (SSSR count). The summed E-state index contributed by atoms with van der Waals surface area (Å²) in [5.74, 6) is -1.27. The van der Waals surface area contributed by atoms with Gasteiger partial charge in [-0.1, -0.05) is 0 Å². The van der Waals surface area contributed by atoms with Crippen LogP contribution in [0, 0.1) is 19.8 Å². The first-order valence-corrected chi connectivity index (χ1v) is 7.13. The Balaban J connectivity index is 1.94. The summed E-state index contributed by atoms with van der Waals surface area (Å²) >= 11 is 0. The van der Waals surface area contributed by atoms with Crippen LogP contribution in [0.15, 0.2) is 0 Å². The monoisotopic (exact) mass is 294 g/mol. The Kier molecular flexibility index (Phi) is 4.62. The van der Waals surface area contributed by atoms with Gasteiger partial charge in [0, 0.05) is 13.6 Å². The molecule has 21 heavy (non-hydrogen) atoms. The van der Waals surface area contributed by atoms with Crippen LogP contribution in [0.2, 0.25) is 0 Å². The number of aromatic nitrogens is 2. The SMILES string of the molecule is Cc1nn(C)c(C)c1NC(=O)CN1CCCC(C(=O)O)C1. The van der Waals surface area contributed by atoms with Crippen LogP contribution in [0.4, 0.5) is 5.69 Å². The second-order valence-electron chi connectivity index (χ2n) is 5.63. The van der Waals surface area contributed by atoms with Crippen LogP contribution in [-0.4, -0.2) is 51.3 Å². The molecule has 7 nitrogen and oxygen atoms in total. The number of rotatable bonds is 4. The Morgan fingerprint density at radius 3 is 2.71 bits per heavy atom. The van der Waals surface area contributed by atoms with Crippen molar-refractivity contribution in [2.45, 2.75) is 26.7 Å². The van der Waals surface area contributed by atoms with E-state index in [1.165, 1.54) is 0 Å². The molecule has 0 radical (unpaired) electrons. The number of nitrogens with zero attached hydrogens (tertiary/aromatic N) is 3. The predicted molar refractivity (Wildman–Crippen MR) is 78.1 cm³/mol. The lowest BCUT2D eigenvalue weighted by Gasteiger charge is -2.29. The smallest absolute Gasteiger partial charge is 0.307 e. The lowest BCUT2D eigenvalue weighted by atomic mass is 9.98. The number of aliphatic carboxylic acids is 1. The third kappa shape index (κ3) is 3.60. The Bertz CT molecular complexity index is 553. The van der Waals surface area contributed by atoms with Gasteiger partial charge < -0.3 is 10.4 Å². The third-order valence-corrected chi connectivity index (χ3v) is 4.00. The number of anilines is 1. The summed E-state index contributed by atoms with van der Waals surface area (Å²) in [7, 11) is 1.83. The van der Waals surface area contributed by atoms with E-state index < -0.39 is 5.97 Å². The average molecular weight is 294 g/mol. The van der Waals surface area contributed by atoms with Gasteiger partial charge in [-0.05, 0) is 33.2 Å². The molecule has 1 atom stereocenters. The van der Waals surface area contributed by atoms with Gasteiger partial charge in [0.05, 0.1) is 29.5 Å². The van der Waals surface area contributed by atoms with E-state index >= 15 is 0 Å². The zero-order valence-electron chi connectivity index (χ0n) is 12.7. The first-order chi connectivity index (χ1) is 9.88. The number of piperidine rings is 1. The summed E-state index contributed by atoms with van der Waals surface area (Å²) in [5, 5.41) is 16.2. The first-order valence-electron chi connectivity index (χ1n) is 7.13. The molecule has 0 bridgehead atoms. The van der Waals surface area contributed by atoms with Gasteiger partial charge in [0.2, 0.25) is 5.91 Å². The molecule has 0 spiro atoms. The van der Waals surface area contributed by atoms with Crippen LogP contribution >= 0.6 is 0 Å². The number of carboxylic acid groups (broad SMARTS) is 1. The molecular weight excluding hydrogens is 272 g/mol. The summed E-state index contributed by atoms with van der Waals surface area (Å²) in [4.78, 5) is 25.1. The summed E-state index contributed by atoms with van der Waals surface area (Å²) in [5.41, 5.74) is 2.43. The molecular formula is C14H22N4O3. The number of hydrogen-bond acceptors (Lipinski definition) is 4. The fraction of sp³-hybridized carbons (Fsp3) is 0.643. The van der Waals surface area contributed by atoms with E-state index in [0.717, 1.165) is 30.0 Å². The van der Waals surface area contributed by atoms with E-state index in [2.05, 4.69) is 10.4 Å². The molecule has 1 aromatic rings. The second-order valence-corrected chi connectivity index (χ2v) is 5.63. The molecule has 2 N–H and O–H groups in total. The quantitative estimate of drug-likeness (QED) is 0.856. The fourth-order valence-electron chi connectivity index (χ4n) is 2.74. The van der Waals surface area contributed by atoms with E-state index in [1.54, 1.807) is 4.68 Å². The highest BCUT2D eigenvalue weighted by atomic mass is 16.4. The number of carbonyl (C=O) groups excluding carboxylic acids is 1. The largest absolute Gasteiger partial charge is 0.481 e. The van der Waals surface area contributed by atoms with Crippen LogP contribution in [-0.2, 0) is 16.6 Å². The van der Waals surface area contributed by atoms with E-state index in [4.69, 9.17) is 5.11 Å². The number of amides is 1. The lowest BCUT2D eigenvalue weighted by molar-refractivity contribution is -0.144. The number of carboxylic acids is 1. The molecule has 7 heteroatoms. The Hall–Kier alpha value is -1.89. The molecule has 1 aliphatic heterocycles.